The van der Waals surface area contributed by atoms with Crippen LogP contribution in [0.1, 0.15) is 33.4 Å². The molecule has 0 atom stereocenters. The largest absolute Gasteiger partial charge is 0.416 e. The van der Waals surface area contributed by atoms with Gasteiger partial charge in [-0.1, -0.05) is 12.1 Å². The molecule has 8 rings (SSSR count). The molecule has 290 valence electrons. The first kappa shape index (κ1) is 38.0. The molecule has 0 aliphatic heterocycles. The van der Waals surface area contributed by atoms with Gasteiger partial charge in [0.2, 0.25) is 0 Å². The molecule has 0 saturated heterocycles. The molecule has 6 aromatic carbocycles. The van der Waals surface area contributed by atoms with Crippen LogP contribution in [0.2, 0.25) is 0 Å². The Morgan fingerprint density at radius 1 is 0.397 bits per heavy atom. The van der Waals surface area contributed by atoms with Crippen LogP contribution in [0.3, 0.4) is 0 Å². The Kier molecular flexibility index (Phi) is 8.37. The lowest BCUT2D eigenvalue weighted by molar-refractivity contribution is -0.138. The van der Waals surface area contributed by atoms with Crippen molar-refractivity contribution in [2.75, 3.05) is 0 Å². The van der Waals surface area contributed by atoms with Gasteiger partial charge in [-0.2, -0.15) is 63.2 Å². The summed E-state index contributed by atoms with van der Waals surface area (Å²) in [5, 5.41) is 19.5. The number of nitriles is 2. The molecule has 0 unspecified atom stereocenters. The van der Waals surface area contributed by atoms with Gasteiger partial charge in [0.1, 0.15) is 6.07 Å². The second kappa shape index (κ2) is 12.8. The maximum Gasteiger partial charge on any atom is 0.416 e. The highest BCUT2D eigenvalue weighted by Gasteiger charge is 2.36. The van der Waals surface area contributed by atoms with Gasteiger partial charge in [0, 0.05) is 27.1 Å². The third-order valence-corrected chi connectivity index (χ3v) is 9.86. The highest BCUT2D eigenvalue weighted by Crippen LogP contribution is 2.45. The highest BCUT2D eigenvalue weighted by atomic mass is 19.4. The fourth-order valence-electron chi connectivity index (χ4n) is 7.29. The van der Waals surface area contributed by atoms with Crippen LogP contribution in [0, 0.1) is 22.7 Å². The van der Waals surface area contributed by atoms with Crippen LogP contribution in [0.4, 0.5) is 52.7 Å². The van der Waals surface area contributed by atoms with Crippen molar-refractivity contribution in [3.05, 3.63) is 143 Å². The van der Waals surface area contributed by atoms with Crippen LogP contribution >= 0.6 is 0 Å². The fraction of sp³-hybridized carbons (Fsp3) is 0.0952. The van der Waals surface area contributed by atoms with E-state index in [1.165, 1.54) is 45.5 Å². The van der Waals surface area contributed by atoms with Crippen molar-refractivity contribution in [2.45, 2.75) is 24.7 Å². The Balaban J connectivity index is 1.52. The zero-order chi connectivity index (χ0) is 41.7. The molecule has 4 nitrogen and oxygen atoms in total. The van der Waals surface area contributed by atoms with Gasteiger partial charge in [-0.25, -0.2) is 0 Å². The Morgan fingerprint density at radius 2 is 0.776 bits per heavy atom. The van der Waals surface area contributed by atoms with E-state index in [9.17, 15) is 63.2 Å². The Labute approximate surface area is 317 Å². The summed E-state index contributed by atoms with van der Waals surface area (Å²) in [4.78, 5) is 0. The number of fused-ring (bicyclic) bond motifs is 6. The van der Waals surface area contributed by atoms with Crippen LogP contribution < -0.4 is 0 Å². The van der Waals surface area contributed by atoms with Crippen LogP contribution in [-0.4, -0.2) is 9.13 Å². The lowest BCUT2D eigenvalue weighted by atomic mass is 9.98. The number of rotatable bonds is 3. The van der Waals surface area contributed by atoms with Crippen molar-refractivity contribution in [2.24, 2.45) is 0 Å². The summed E-state index contributed by atoms with van der Waals surface area (Å²) >= 11 is 0. The lowest BCUT2D eigenvalue weighted by Gasteiger charge is -2.19. The van der Waals surface area contributed by atoms with Crippen LogP contribution in [0.5, 0.6) is 0 Å². The normalized spacial score (nSPS) is 12.8. The molecule has 0 radical (unpaired) electrons. The molecule has 0 fully saturated rings. The SMILES string of the molecule is N#Cc1cccc(-c2cc(-n3c4ccc(C(F)(F)F)cc4c4cc(C(F)(F)F)ccc43)c(C#N)cc2-n2c3ccc(C(F)(F)F)cc3c3cc(C(F)(F)F)ccc32)c1. The van der Waals surface area contributed by atoms with E-state index in [1.807, 2.05) is 12.1 Å². The quantitative estimate of drug-likeness (QED) is 0.167. The maximum absolute atomic E-state index is 14.0. The zero-order valence-electron chi connectivity index (χ0n) is 28.7. The minimum Gasteiger partial charge on any atom is -0.309 e. The number of hydrogen-bond acceptors (Lipinski definition) is 2. The van der Waals surface area contributed by atoms with Gasteiger partial charge >= 0.3 is 24.7 Å². The van der Waals surface area contributed by atoms with E-state index in [2.05, 4.69) is 0 Å². The lowest BCUT2D eigenvalue weighted by Crippen LogP contribution is -2.06. The molecule has 2 aromatic heterocycles. The highest BCUT2D eigenvalue weighted by molar-refractivity contribution is 6.12. The molecule has 0 aliphatic rings. The summed E-state index contributed by atoms with van der Waals surface area (Å²) in [5.41, 5.74) is -4.42. The first-order valence-electron chi connectivity index (χ1n) is 16.7. The third kappa shape index (κ3) is 6.21. The predicted octanol–water partition coefficient (Wildman–Crippen LogP) is 13.4. The van der Waals surface area contributed by atoms with Crippen LogP contribution in [0.15, 0.2) is 109 Å². The van der Waals surface area contributed by atoms with E-state index in [0.717, 1.165) is 48.5 Å². The molecule has 0 amide bonds. The third-order valence-electron chi connectivity index (χ3n) is 9.86. The molecule has 0 bridgehead atoms. The zero-order valence-corrected chi connectivity index (χ0v) is 28.7. The average Bonchev–Trinajstić information content (AvgIpc) is 3.67. The molecule has 58 heavy (non-hydrogen) atoms. The van der Waals surface area contributed by atoms with Crippen LogP contribution in [0.25, 0.3) is 66.1 Å². The fourth-order valence-corrected chi connectivity index (χ4v) is 7.29. The standard InChI is InChI=1S/C42H18F12N4/c43-39(44,45)24-4-8-33-29(14-24)30-15-25(40(46,47)48)5-9-34(30)57(33)37-18-28(22-3-1-2-21(12-22)19-55)38(13-23(37)20-56)58-35-10-6-26(41(49,50)51)16-31(35)32-17-27(42(52,53)54)7-11-36(32)58/h1-18H. The number of halogens is 12. The van der Waals surface area contributed by atoms with Gasteiger partial charge in [0.25, 0.3) is 0 Å². The molecule has 0 N–H and O–H groups in total. The maximum atomic E-state index is 14.0. The summed E-state index contributed by atoms with van der Waals surface area (Å²) < 4.78 is 170. The topological polar surface area (TPSA) is 57.4 Å². The number of nitrogens with zero attached hydrogens (tertiary/aromatic N) is 4. The summed E-state index contributed by atoms with van der Waals surface area (Å²) in [6.07, 6.45) is -19.5. The van der Waals surface area contributed by atoms with Gasteiger partial charge < -0.3 is 9.13 Å². The second-order valence-electron chi connectivity index (χ2n) is 13.3. The molecular weight excluding hydrogens is 788 g/mol. The van der Waals surface area contributed by atoms with E-state index in [0.29, 0.717) is 24.3 Å². The van der Waals surface area contributed by atoms with Crippen molar-refractivity contribution in [3.63, 3.8) is 0 Å². The van der Waals surface area contributed by atoms with Crippen molar-refractivity contribution in [1.29, 1.82) is 10.5 Å². The molecule has 16 heteroatoms. The number of hydrogen-bond donors (Lipinski definition) is 0. The Morgan fingerprint density at radius 3 is 1.12 bits per heavy atom. The van der Waals surface area contributed by atoms with Gasteiger partial charge in [-0.05, 0) is 103 Å². The Bertz CT molecular complexity index is 2950. The predicted molar refractivity (Wildman–Crippen MR) is 190 cm³/mol. The van der Waals surface area contributed by atoms with E-state index in [-0.39, 0.29) is 77.2 Å². The van der Waals surface area contributed by atoms with Crippen molar-refractivity contribution >= 4 is 43.6 Å². The average molecular weight is 807 g/mol. The summed E-state index contributed by atoms with van der Waals surface area (Å²) in [6.45, 7) is 0. The minimum absolute atomic E-state index is 0.00660. The van der Waals surface area contributed by atoms with Crippen molar-refractivity contribution < 1.29 is 52.7 Å². The van der Waals surface area contributed by atoms with Crippen molar-refractivity contribution in [3.8, 4) is 34.6 Å². The number of aromatic nitrogens is 2. The first-order valence-corrected chi connectivity index (χ1v) is 16.7. The molecule has 2 heterocycles. The van der Waals surface area contributed by atoms with E-state index in [4.69, 9.17) is 0 Å². The molecule has 8 aromatic rings. The summed E-state index contributed by atoms with van der Waals surface area (Å²) in [6, 6.07) is 22.4. The monoisotopic (exact) mass is 806 g/mol. The van der Waals surface area contributed by atoms with E-state index < -0.39 is 47.0 Å². The Hall–Kier alpha value is -6.94. The minimum atomic E-state index is -4.88. The second-order valence-corrected chi connectivity index (χ2v) is 13.3. The van der Waals surface area contributed by atoms with Gasteiger partial charge in [0.05, 0.1) is 72.9 Å². The van der Waals surface area contributed by atoms with Crippen LogP contribution in [-0.2, 0) is 24.7 Å². The molecular formula is C42H18F12N4. The van der Waals surface area contributed by atoms with Gasteiger partial charge in [0.15, 0.2) is 0 Å². The molecule has 0 spiro atoms. The van der Waals surface area contributed by atoms with E-state index >= 15 is 0 Å². The van der Waals surface area contributed by atoms with Gasteiger partial charge in [-0.3, -0.25) is 0 Å². The summed E-state index contributed by atoms with van der Waals surface area (Å²) in [5.74, 6) is 0. The van der Waals surface area contributed by atoms with Gasteiger partial charge in [-0.15, -0.1) is 0 Å². The summed E-state index contributed by atoms with van der Waals surface area (Å²) in [7, 11) is 0. The van der Waals surface area contributed by atoms with Crippen molar-refractivity contribution in [1.82, 2.24) is 9.13 Å². The molecule has 0 aliphatic carbocycles. The number of alkyl halides is 12. The first-order chi connectivity index (χ1) is 27.2. The van der Waals surface area contributed by atoms with E-state index in [1.54, 1.807) is 0 Å². The number of benzene rings is 6. The smallest absolute Gasteiger partial charge is 0.309 e. The molecule has 0 saturated carbocycles.